The minimum Gasteiger partial charge on any atom is -0.349 e. The molecule has 4 N–H and O–H groups in total. The van der Waals surface area contributed by atoms with Crippen molar-refractivity contribution in [2.24, 2.45) is 17.6 Å². The molecule has 0 aromatic carbocycles. The molecule has 1 aliphatic rings. The van der Waals surface area contributed by atoms with Crippen molar-refractivity contribution in [3.05, 3.63) is 12.7 Å². The van der Waals surface area contributed by atoms with Gasteiger partial charge in [0.05, 0.1) is 0 Å². The van der Waals surface area contributed by atoms with Gasteiger partial charge in [0.25, 0.3) is 0 Å². The molecule has 0 saturated heterocycles. The first-order valence-electron chi connectivity index (χ1n) is 8.01. The number of carbonyl (C=O) groups excluding carboxylic acids is 2. The normalized spacial score (nSPS) is 29.0. The van der Waals surface area contributed by atoms with Crippen LogP contribution in [0.15, 0.2) is 12.7 Å². The van der Waals surface area contributed by atoms with Crippen LogP contribution in [0.1, 0.15) is 53.9 Å². The molecule has 6 heteroatoms. The van der Waals surface area contributed by atoms with Gasteiger partial charge < -0.3 is 16.4 Å². The number of nitrogens with two attached hydrogens (primary N) is 1. The molecule has 1 fully saturated rings. The van der Waals surface area contributed by atoms with E-state index >= 15 is 0 Å². The van der Waals surface area contributed by atoms with Gasteiger partial charge >= 0.3 is 0 Å². The summed E-state index contributed by atoms with van der Waals surface area (Å²) in [5, 5.41) is 5.96. The fraction of sp³-hybridized carbons (Fsp3) is 0.765. The Kier molecular flexibility index (Phi) is 7.77. The molecule has 0 spiro atoms. The molecule has 5 nitrogen and oxygen atoms in total. The summed E-state index contributed by atoms with van der Waals surface area (Å²) in [6, 6.07) is -0.177. The molecule has 1 aliphatic carbocycles. The predicted octanol–water partition coefficient (Wildman–Crippen LogP) is 2.15. The number of rotatable bonds is 4. The van der Waals surface area contributed by atoms with Crippen molar-refractivity contribution in [2.75, 3.05) is 0 Å². The number of hydrogen-bond donors (Lipinski definition) is 3. The largest absolute Gasteiger partial charge is 0.349 e. The first-order valence-corrected chi connectivity index (χ1v) is 8.01. The number of amides is 2. The highest BCUT2D eigenvalue weighted by Gasteiger charge is 2.51. The second-order valence-electron chi connectivity index (χ2n) is 7.60. The summed E-state index contributed by atoms with van der Waals surface area (Å²) in [5.41, 5.74) is 4.81. The van der Waals surface area contributed by atoms with E-state index in [1.165, 1.54) is 6.92 Å². The zero-order valence-corrected chi connectivity index (χ0v) is 15.8. The zero-order chi connectivity index (χ0) is 17.1. The van der Waals surface area contributed by atoms with E-state index in [-0.39, 0.29) is 47.6 Å². The Morgan fingerprint density at radius 1 is 1.35 bits per heavy atom. The molecule has 0 heterocycles. The molecule has 0 bridgehead atoms. The lowest BCUT2D eigenvalue weighted by Gasteiger charge is -2.48. The summed E-state index contributed by atoms with van der Waals surface area (Å²) in [6.45, 7) is 13.0. The van der Waals surface area contributed by atoms with Crippen LogP contribution in [-0.2, 0) is 9.59 Å². The van der Waals surface area contributed by atoms with E-state index in [1.54, 1.807) is 0 Å². The summed E-state index contributed by atoms with van der Waals surface area (Å²) in [5.74, 6) is -0.244. The summed E-state index contributed by atoms with van der Waals surface area (Å²) in [6.07, 6.45) is 4.16. The number of nitrogens with one attached hydrogen (secondary N) is 2. The SMILES string of the molecule is C=C[C@@H]1CC[C@@H](C(C)N)[C@@](NC(C)=O)(C(=O)NC(C)(C)C)C1.Cl. The standard InChI is InChI=1S/C17H31N3O2.ClH/c1-7-13-8-9-14(11(2)18)17(10-13,19-12(3)21)15(22)20-16(4,5)6;/h7,11,13-14H,1,8-10,18H2,2-6H3,(H,19,21)(H,20,22);1H/t11?,13-,14+,17-;/m1./s1. The summed E-state index contributed by atoms with van der Waals surface area (Å²) >= 11 is 0. The van der Waals surface area contributed by atoms with Gasteiger partial charge in [0.15, 0.2) is 0 Å². The molecule has 0 aromatic rings. The average Bonchev–Trinajstić information content (AvgIpc) is 2.35. The molecule has 134 valence electrons. The zero-order valence-electron chi connectivity index (χ0n) is 14.9. The van der Waals surface area contributed by atoms with Gasteiger partial charge in [0.2, 0.25) is 11.8 Å². The third-order valence-electron chi connectivity index (χ3n) is 4.33. The molecule has 0 radical (unpaired) electrons. The Morgan fingerprint density at radius 2 is 1.91 bits per heavy atom. The molecule has 0 aliphatic heterocycles. The molecule has 1 unspecified atom stereocenters. The maximum absolute atomic E-state index is 13.0. The third-order valence-corrected chi connectivity index (χ3v) is 4.33. The van der Waals surface area contributed by atoms with Crippen molar-refractivity contribution in [3.8, 4) is 0 Å². The smallest absolute Gasteiger partial charge is 0.246 e. The minimum absolute atomic E-state index is 0. The average molecular weight is 346 g/mol. The number of halogens is 1. The number of allylic oxidation sites excluding steroid dienone is 1. The fourth-order valence-electron chi connectivity index (χ4n) is 3.45. The van der Waals surface area contributed by atoms with Crippen LogP contribution in [0.4, 0.5) is 0 Å². The van der Waals surface area contributed by atoms with Crippen molar-refractivity contribution >= 4 is 24.2 Å². The van der Waals surface area contributed by atoms with E-state index in [2.05, 4.69) is 17.2 Å². The van der Waals surface area contributed by atoms with E-state index < -0.39 is 5.54 Å². The Morgan fingerprint density at radius 3 is 2.30 bits per heavy atom. The fourth-order valence-corrected chi connectivity index (χ4v) is 3.45. The van der Waals surface area contributed by atoms with Crippen molar-refractivity contribution in [1.82, 2.24) is 10.6 Å². The van der Waals surface area contributed by atoms with Crippen LogP contribution in [0.25, 0.3) is 0 Å². The highest BCUT2D eigenvalue weighted by molar-refractivity contribution is 5.92. The molecular weight excluding hydrogens is 314 g/mol. The van der Waals surface area contributed by atoms with Crippen LogP contribution in [0, 0.1) is 11.8 Å². The number of hydrogen-bond acceptors (Lipinski definition) is 3. The van der Waals surface area contributed by atoms with E-state index in [0.29, 0.717) is 6.42 Å². The lowest BCUT2D eigenvalue weighted by atomic mass is 9.65. The van der Waals surface area contributed by atoms with E-state index in [9.17, 15) is 9.59 Å². The monoisotopic (exact) mass is 345 g/mol. The molecule has 4 atom stereocenters. The van der Waals surface area contributed by atoms with E-state index in [0.717, 1.165) is 12.8 Å². The third kappa shape index (κ3) is 5.50. The first-order chi connectivity index (χ1) is 10.0. The predicted molar refractivity (Wildman–Crippen MR) is 96.4 cm³/mol. The quantitative estimate of drug-likeness (QED) is 0.682. The van der Waals surface area contributed by atoms with Crippen LogP contribution in [0.2, 0.25) is 0 Å². The van der Waals surface area contributed by atoms with Crippen LogP contribution in [-0.4, -0.2) is 28.9 Å². The Bertz CT molecular complexity index is 446. The van der Waals surface area contributed by atoms with Crippen LogP contribution >= 0.6 is 12.4 Å². The number of carbonyl (C=O) groups is 2. The van der Waals surface area contributed by atoms with Gasteiger partial charge in [0.1, 0.15) is 5.54 Å². The minimum atomic E-state index is -0.968. The first kappa shape index (κ1) is 21.9. The van der Waals surface area contributed by atoms with Gasteiger partial charge in [0, 0.05) is 24.4 Å². The summed E-state index contributed by atoms with van der Waals surface area (Å²) in [4.78, 5) is 24.8. The Labute approximate surface area is 146 Å². The van der Waals surface area contributed by atoms with Crippen molar-refractivity contribution < 1.29 is 9.59 Å². The van der Waals surface area contributed by atoms with Crippen molar-refractivity contribution in [3.63, 3.8) is 0 Å². The van der Waals surface area contributed by atoms with Crippen molar-refractivity contribution in [2.45, 2.75) is 71.0 Å². The Balaban J connectivity index is 0.00000484. The maximum Gasteiger partial charge on any atom is 0.246 e. The lowest BCUT2D eigenvalue weighted by Crippen LogP contribution is -2.69. The lowest BCUT2D eigenvalue weighted by molar-refractivity contribution is -0.139. The van der Waals surface area contributed by atoms with Crippen molar-refractivity contribution in [1.29, 1.82) is 0 Å². The van der Waals surface area contributed by atoms with Gasteiger partial charge in [-0.1, -0.05) is 6.08 Å². The maximum atomic E-state index is 13.0. The second kappa shape index (κ2) is 8.15. The highest BCUT2D eigenvalue weighted by atomic mass is 35.5. The van der Waals surface area contributed by atoms with Crippen LogP contribution in [0.3, 0.4) is 0 Å². The summed E-state index contributed by atoms with van der Waals surface area (Å²) < 4.78 is 0. The molecule has 23 heavy (non-hydrogen) atoms. The van der Waals surface area contributed by atoms with Gasteiger partial charge in [-0.25, -0.2) is 0 Å². The second-order valence-corrected chi connectivity index (χ2v) is 7.60. The van der Waals surface area contributed by atoms with Gasteiger partial charge in [-0.15, -0.1) is 19.0 Å². The molecule has 1 saturated carbocycles. The van der Waals surface area contributed by atoms with Gasteiger partial charge in [-0.2, -0.15) is 0 Å². The van der Waals surface area contributed by atoms with E-state index in [4.69, 9.17) is 5.73 Å². The van der Waals surface area contributed by atoms with E-state index in [1.807, 2.05) is 33.8 Å². The Hall–Kier alpha value is -1.07. The highest BCUT2D eigenvalue weighted by Crippen LogP contribution is 2.39. The van der Waals surface area contributed by atoms with Gasteiger partial charge in [-0.3, -0.25) is 9.59 Å². The topological polar surface area (TPSA) is 84.2 Å². The van der Waals surface area contributed by atoms with Crippen LogP contribution in [0.5, 0.6) is 0 Å². The molecule has 2 amide bonds. The molecule has 0 aromatic heterocycles. The molecule has 1 rings (SSSR count). The molecular formula is C17H32ClN3O2. The summed E-state index contributed by atoms with van der Waals surface area (Å²) in [7, 11) is 0. The van der Waals surface area contributed by atoms with Crippen LogP contribution < -0.4 is 16.4 Å². The van der Waals surface area contributed by atoms with Gasteiger partial charge in [-0.05, 0) is 52.9 Å².